The molecule has 0 radical (unpaired) electrons. The zero-order valence-corrected chi connectivity index (χ0v) is 17.6. The van der Waals surface area contributed by atoms with Crippen LogP contribution in [-0.2, 0) is 0 Å². The van der Waals surface area contributed by atoms with E-state index in [9.17, 15) is 5.21 Å². The number of ether oxygens (including phenoxy) is 2. The van der Waals surface area contributed by atoms with Crippen molar-refractivity contribution in [2.24, 2.45) is 0 Å². The molecule has 1 fully saturated rings. The highest BCUT2D eigenvalue weighted by atomic mass is 16.5. The van der Waals surface area contributed by atoms with Crippen LogP contribution in [0.1, 0.15) is 19.3 Å². The first-order valence-electron chi connectivity index (χ1n) is 10.7. The molecule has 1 N–H and O–H groups in total. The lowest BCUT2D eigenvalue weighted by Gasteiger charge is -2.16. The molecule has 160 valence electrons. The first kappa shape index (κ1) is 19.6. The minimum absolute atomic E-state index is 0.633. The van der Waals surface area contributed by atoms with Crippen LogP contribution in [0.2, 0.25) is 0 Å². The van der Waals surface area contributed by atoms with E-state index in [0.717, 1.165) is 50.8 Å². The maximum Gasteiger partial charge on any atom is 0.163 e. The Hall–Kier alpha value is -3.32. The van der Waals surface area contributed by atoms with Crippen LogP contribution in [0.25, 0.3) is 33.1 Å². The Labute approximate surface area is 180 Å². The highest BCUT2D eigenvalue weighted by Gasteiger charge is 2.17. The zero-order valence-electron chi connectivity index (χ0n) is 17.6. The minimum atomic E-state index is 0.633. The largest absolute Gasteiger partial charge is 0.493 e. The van der Waals surface area contributed by atoms with Gasteiger partial charge in [0.25, 0.3) is 0 Å². The second-order valence-electron chi connectivity index (χ2n) is 7.90. The van der Waals surface area contributed by atoms with Gasteiger partial charge in [-0.2, -0.15) is 4.73 Å². The lowest BCUT2D eigenvalue weighted by Crippen LogP contribution is -2.21. The van der Waals surface area contributed by atoms with E-state index in [0.29, 0.717) is 18.1 Å². The van der Waals surface area contributed by atoms with E-state index in [4.69, 9.17) is 9.47 Å². The number of hydrogen-bond donors (Lipinski definition) is 1. The van der Waals surface area contributed by atoms with Gasteiger partial charge >= 0.3 is 0 Å². The summed E-state index contributed by atoms with van der Waals surface area (Å²) in [5.74, 6) is 1.34. The van der Waals surface area contributed by atoms with Gasteiger partial charge in [-0.25, -0.2) is 9.97 Å². The summed E-state index contributed by atoms with van der Waals surface area (Å²) in [7, 11) is 1.64. The maximum absolute atomic E-state index is 10.3. The third-order valence-electron chi connectivity index (χ3n) is 5.94. The monoisotopic (exact) mass is 418 g/mol. The fraction of sp³-hybridized carbons (Fsp3) is 0.333. The van der Waals surface area contributed by atoms with Crippen molar-refractivity contribution in [3.63, 3.8) is 0 Å². The number of benzene rings is 2. The fourth-order valence-corrected chi connectivity index (χ4v) is 4.38. The van der Waals surface area contributed by atoms with Gasteiger partial charge in [0, 0.05) is 28.9 Å². The number of aromatic nitrogens is 3. The Morgan fingerprint density at radius 2 is 1.87 bits per heavy atom. The van der Waals surface area contributed by atoms with Crippen molar-refractivity contribution in [1.82, 2.24) is 19.6 Å². The van der Waals surface area contributed by atoms with Crippen molar-refractivity contribution in [2.75, 3.05) is 33.4 Å². The van der Waals surface area contributed by atoms with Crippen LogP contribution in [0.15, 0.2) is 48.9 Å². The number of rotatable bonds is 7. The molecule has 0 spiro atoms. The topological polar surface area (TPSA) is 72.6 Å². The molecule has 31 heavy (non-hydrogen) atoms. The number of methoxy groups -OCH3 is 1. The second-order valence-corrected chi connectivity index (χ2v) is 7.90. The Bertz CT molecular complexity index is 1210. The van der Waals surface area contributed by atoms with Crippen molar-refractivity contribution >= 4 is 21.8 Å². The molecule has 3 heterocycles. The maximum atomic E-state index is 10.3. The quantitative estimate of drug-likeness (QED) is 0.355. The van der Waals surface area contributed by atoms with Crippen LogP contribution in [-0.4, -0.2) is 58.2 Å². The molecule has 1 aliphatic rings. The van der Waals surface area contributed by atoms with Crippen LogP contribution in [0.3, 0.4) is 0 Å². The molecule has 7 nitrogen and oxygen atoms in total. The molecule has 2 aromatic heterocycles. The molecule has 0 aliphatic carbocycles. The summed E-state index contributed by atoms with van der Waals surface area (Å²) in [6, 6.07) is 11.5. The number of nitrogens with zero attached hydrogens (tertiary/aromatic N) is 4. The highest BCUT2D eigenvalue weighted by molar-refractivity contribution is 6.03. The molecule has 0 unspecified atom stereocenters. The molecule has 5 rings (SSSR count). The summed E-state index contributed by atoms with van der Waals surface area (Å²) in [6.45, 7) is 4.09. The number of likely N-dealkylation sites (tertiary alicyclic amines) is 1. The van der Waals surface area contributed by atoms with Crippen molar-refractivity contribution in [1.29, 1.82) is 0 Å². The minimum Gasteiger partial charge on any atom is -0.493 e. The molecule has 4 aromatic rings. The third kappa shape index (κ3) is 3.77. The Balaban J connectivity index is 1.46. The van der Waals surface area contributed by atoms with E-state index in [-0.39, 0.29) is 0 Å². The summed E-state index contributed by atoms with van der Waals surface area (Å²) >= 11 is 0. The standard InChI is InChI=1S/C24H26N4O3/c1-30-22-13-18-20(14-23(22)31-12-6-11-27-9-4-5-10-27)25-16-26-24(18)19-15-28(29)21-8-3-2-7-17(19)21/h2-3,7-8,13-16,29H,4-6,9-12H2,1H3. The summed E-state index contributed by atoms with van der Waals surface area (Å²) in [6.07, 6.45) is 6.81. The summed E-state index contributed by atoms with van der Waals surface area (Å²) in [4.78, 5) is 11.5. The van der Waals surface area contributed by atoms with Crippen molar-refractivity contribution < 1.29 is 14.7 Å². The molecule has 0 saturated carbocycles. The zero-order chi connectivity index (χ0) is 21.2. The molecule has 7 heteroatoms. The average Bonchev–Trinajstić information content (AvgIpc) is 3.44. The van der Waals surface area contributed by atoms with E-state index in [1.807, 2.05) is 36.4 Å². The molecular weight excluding hydrogens is 392 g/mol. The SMILES string of the molecule is COc1cc2c(-c3cn(O)c4ccccc34)ncnc2cc1OCCCN1CCCC1. The van der Waals surface area contributed by atoms with Crippen LogP contribution >= 0.6 is 0 Å². The predicted molar refractivity (Wildman–Crippen MR) is 120 cm³/mol. The van der Waals surface area contributed by atoms with Crippen molar-refractivity contribution in [3.05, 3.63) is 48.9 Å². The Morgan fingerprint density at radius 1 is 1.03 bits per heavy atom. The molecule has 0 bridgehead atoms. The van der Waals surface area contributed by atoms with Crippen LogP contribution in [0.4, 0.5) is 0 Å². The van der Waals surface area contributed by atoms with Crippen LogP contribution in [0.5, 0.6) is 11.5 Å². The van der Waals surface area contributed by atoms with Crippen molar-refractivity contribution in [2.45, 2.75) is 19.3 Å². The third-order valence-corrected chi connectivity index (χ3v) is 5.94. The van der Waals surface area contributed by atoms with E-state index < -0.39 is 0 Å². The number of fused-ring (bicyclic) bond motifs is 2. The Morgan fingerprint density at radius 3 is 2.71 bits per heavy atom. The highest BCUT2D eigenvalue weighted by Crippen LogP contribution is 2.37. The molecule has 0 atom stereocenters. The van der Waals surface area contributed by atoms with Crippen molar-refractivity contribution in [3.8, 4) is 22.8 Å². The normalized spacial score (nSPS) is 14.5. The second kappa shape index (κ2) is 8.43. The molecule has 0 amide bonds. The van der Waals surface area contributed by atoms with Gasteiger partial charge in [-0.3, -0.25) is 0 Å². The van der Waals surface area contributed by atoms with E-state index >= 15 is 0 Å². The van der Waals surface area contributed by atoms with Gasteiger partial charge in [-0.1, -0.05) is 18.2 Å². The summed E-state index contributed by atoms with van der Waals surface area (Å²) in [5.41, 5.74) is 3.09. The Kier molecular flexibility index (Phi) is 5.34. The lowest BCUT2D eigenvalue weighted by atomic mass is 10.1. The molecule has 1 saturated heterocycles. The van der Waals surface area contributed by atoms with Crippen LogP contribution < -0.4 is 9.47 Å². The van der Waals surface area contributed by atoms with Gasteiger partial charge in [0.2, 0.25) is 0 Å². The van der Waals surface area contributed by atoms with Gasteiger partial charge in [-0.05, 0) is 44.5 Å². The first-order chi connectivity index (χ1) is 15.2. The van der Waals surface area contributed by atoms with Gasteiger partial charge in [0.05, 0.1) is 36.6 Å². The number of hydrogen-bond acceptors (Lipinski definition) is 6. The van der Waals surface area contributed by atoms with Gasteiger partial charge < -0.3 is 19.6 Å². The molecule has 1 aliphatic heterocycles. The van der Waals surface area contributed by atoms with Gasteiger partial charge in [0.1, 0.15) is 6.33 Å². The molecule has 2 aromatic carbocycles. The van der Waals surface area contributed by atoms with Gasteiger partial charge in [0.15, 0.2) is 11.5 Å². The van der Waals surface area contributed by atoms with Gasteiger partial charge in [-0.15, -0.1) is 0 Å². The van der Waals surface area contributed by atoms with E-state index in [2.05, 4.69) is 14.9 Å². The smallest absolute Gasteiger partial charge is 0.163 e. The van der Waals surface area contributed by atoms with E-state index in [1.165, 1.54) is 25.9 Å². The lowest BCUT2D eigenvalue weighted by molar-refractivity contribution is 0.200. The average molecular weight is 418 g/mol. The summed E-state index contributed by atoms with van der Waals surface area (Å²) < 4.78 is 12.8. The predicted octanol–water partition coefficient (Wildman–Crippen LogP) is 4.36. The summed E-state index contributed by atoms with van der Waals surface area (Å²) in [5, 5.41) is 12.1. The fourth-order valence-electron chi connectivity index (χ4n) is 4.38. The first-order valence-corrected chi connectivity index (χ1v) is 10.7. The number of para-hydroxylation sites is 1. The molecular formula is C24H26N4O3. The van der Waals surface area contributed by atoms with E-state index in [1.54, 1.807) is 19.6 Å². The van der Waals surface area contributed by atoms with Crippen LogP contribution in [0, 0.1) is 0 Å².